The summed E-state index contributed by atoms with van der Waals surface area (Å²) in [6.07, 6.45) is 7.83. The van der Waals surface area contributed by atoms with Gasteiger partial charge in [-0.1, -0.05) is 12.8 Å². The number of methoxy groups -OCH3 is 1. The molecule has 5 heteroatoms. The normalized spacial score (nSPS) is 17.8. The van der Waals surface area contributed by atoms with E-state index in [1.54, 1.807) is 7.11 Å². The summed E-state index contributed by atoms with van der Waals surface area (Å²) in [5, 5.41) is 4.50. The molecule has 0 bridgehead atoms. The van der Waals surface area contributed by atoms with Crippen LogP contribution in [0.2, 0.25) is 0 Å². The van der Waals surface area contributed by atoms with E-state index < -0.39 is 6.04 Å². The van der Waals surface area contributed by atoms with Crippen molar-refractivity contribution in [2.45, 2.75) is 50.6 Å². The second-order valence-electron chi connectivity index (χ2n) is 5.26. The summed E-state index contributed by atoms with van der Waals surface area (Å²) < 4.78 is 6.94. The van der Waals surface area contributed by atoms with Crippen LogP contribution in [0.5, 0.6) is 0 Å². The first-order valence-corrected chi connectivity index (χ1v) is 7.02. The summed E-state index contributed by atoms with van der Waals surface area (Å²) >= 11 is 0. The van der Waals surface area contributed by atoms with Gasteiger partial charge >= 0.3 is 0 Å². The number of Topliss-reactive ketones (excluding diaryl/α,β-unsaturated/α-hetero) is 1. The lowest BCUT2D eigenvalue weighted by molar-refractivity contribution is -0.120. The van der Waals surface area contributed by atoms with Gasteiger partial charge in [0.05, 0.1) is 24.2 Å². The van der Waals surface area contributed by atoms with E-state index >= 15 is 0 Å². The Labute approximate surface area is 114 Å². The van der Waals surface area contributed by atoms with E-state index in [-0.39, 0.29) is 5.78 Å². The monoisotopic (exact) mass is 265 g/mol. The SMILES string of the molecule is COCCC(N)C(=O)Cc1ccn(C2CCCC2)n1. The van der Waals surface area contributed by atoms with Crippen LogP contribution in [0.3, 0.4) is 0 Å². The van der Waals surface area contributed by atoms with E-state index in [2.05, 4.69) is 5.10 Å². The molecular formula is C14H23N3O2. The van der Waals surface area contributed by atoms with Gasteiger partial charge in [0.1, 0.15) is 0 Å². The average molecular weight is 265 g/mol. The maximum atomic E-state index is 11.9. The van der Waals surface area contributed by atoms with Gasteiger partial charge in [-0.25, -0.2) is 0 Å². The van der Waals surface area contributed by atoms with E-state index in [4.69, 9.17) is 10.5 Å². The zero-order chi connectivity index (χ0) is 13.7. The molecular weight excluding hydrogens is 242 g/mol. The Morgan fingerprint density at radius 2 is 2.32 bits per heavy atom. The van der Waals surface area contributed by atoms with Crippen molar-refractivity contribution in [2.75, 3.05) is 13.7 Å². The molecule has 1 fully saturated rings. The predicted molar refractivity (Wildman–Crippen MR) is 72.9 cm³/mol. The van der Waals surface area contributed by atoms with Crippen molar-refractivity contribution in [3.63, 3.8) is 0 Å². The van der Waals surface area contributed by atoms with Crippen LogP contribution < -0.4 is 5.73 Å². The maximum absolute atomic E-state index is 11.9. The van der Waals surface area contributed by atoms with Gasteiger partial charge in [0, 0.05) is 19.9 Å². The van der Waals surface area contributed by atoms with Crippen LogP contribution >= 0.6 is 0 Å². The lowest BCUT2D eigenvalue weighted by atomic mass is 10.1. The number of rotatable bonds is 7. The van der Waals surface area contributed by atoms with Crippen molar-refractivity contribution in [3.8, 4) is 0 Å². The fraction of sp³-hybridized carbons (Fsp3) is 0.714. The molecule has 1 heterocycles. The van der Waals surface area contributed by atoms with Gasteiger partial charge < -0.3 is 10.5 Å². The summed E-state index contributed by atoms with van der Waals surface area (Å²) in [5.74, 6) is 0.0359. The smallest absolute Gasteiger partial charge is 0.155 e. The van der Waals surface area contributed by atoms with E-state index in [1.165, 1.54) is 25.7 Å². The van der Waals surface area contributed by atoms with E-state index in [9.17, 15) is 4.79 Å². The Morgan fingerprint density at radius 3 is 3.00 bits per heavy atom. The van der Waals surface area contributed by atoms with Gasteiger partial charge in [-0.15, -0.1) is 0 Å². The minimum atomic E-state index is -0.448. The molecule has 0 aromatic carbocycles. The first-order chi connectivity index (χ1) is 9.20. The Balaban J connectivity index is 1.86. The molecule has 2 N–H and O–H groups in total. The summed E-state index contributed by atoms with van der Waals surface area (Å²) in [5.41, 5.74) is 6.64. The van der Waals surface area contributed by atoms with Crippen molar-refractivity contribution in [3.05, 3.63) is 18.0 Å². The van der Waals surface area contributed by atoms with Crippen molar-refractivity contribution in [1.29, 1.82) is 0 Å². The molecule has 106 valence electrons. The first-order valence-electron chi connectivity index (χ1n) is 7.02. The van der Waals surface area contributed by atoms with Crippen LogP contribution in [-0.4, -0.2) is 35.3 Å². The second-order valence-corrected chi connectivity index (χ2v) is 5.26. The zero-order valence-corrected chi connectivity index (χ0v) is 11.5. The quantitative estimate of drug-likeness (QED) is 0.810. The summed E-state index contributed by atoms with van der Waals surface area (Å²) in [6, 6.07) is 2.00. The van der Waals surface area contributed by atoms with Gasteiger partial charge in [-0.05, 0) is 25.3 Å². The number of nitrogens with zero attached hydrogens (tertiary/aromatic N) is 2. The van der Waals surface area contributed by atoms with E-state index in [1.807, 2.05) is 16.9 Å². The molecule has 1 unspecified atom stereocenters. The van der Waals surface area contributed by atoms with Crippen LogP contribution in [0.1, 0.15) is 43.8 Å². The molecule has 1 saturated carbocycles. The molecule has 0 amide bonds. The highest BCUT2D eigenvalue weighted by molar-refractivity contribution is 5.85. The largest absolute Gasteiger partial charge is 0.385 e. The zero-order valence-electron chi connectivity index (χ0n) is 11.5. The summed E-state index contributed by atoms with van der Waals surface area (Å²) in [7, 11) is 1.61. The van der Waals surface area contributed by atoms with Crippen LogP contribution in [0.25, 0.3) is 0 Å². The fourth-order valence-corrected chi connectivity index (χ4v) is 2.56. The minimum Gasteiger partial charge on any atom is -0.385 e. The molecule has 5 nitrogen and oxygen atoms in total. The lowest BCUT2D eigenvalue weighted by Gasteiger charge is -2.10. The number of nitrogens with two attached hydrogens (primary N) is 1. The Kier molecular flexibility index (Phi) is 5.10. The van der Waals surface area contributed by atoms with Gasteiger partial charge in [-0.2, -0.15) is 5.10 Å². The molecule has 1 aliphatic rings. The highest BCUT2D eigenvalue weighted by Crippen LogP contribution is 2.28. The van der Waals surface area contributed by atoms with Crippen molar-refractivity contribution in [2.24, 2.45) is 5.73 Å². The number of carbonyl (C=O) groups is 1. The molecule has 0 saturated heterocycles. The van der Waals surface area contributed by atoms with Crippen molar-refractivity contribution in [1.82, 2.24) is 9.78 Å². The predicted octanol–water partition coefficient (Wildman–Crippen LogP) is 1.47. The maximum Gasteiger partial charge on any atom is 0.155 e. The standard InChI is InChI=1S/C14H23N3O2/c1-19-9-7-13(15)14(18)10-11-6-8-17(16-11)12-4-2-3-5-12/h6,8,12-13H,2-5,7,9-10,15H2,1H3. The first kappa shape index (κ1) is 14.2. The van der Waals surface area contributed by atoms with Crippen LogP contribution in [-0.2, 0) is 16.0 Å². The van der Waals surface area contributed by atoms with Crippen molar-refractivity contribution >= 4 is 5.78 Å². The fourth-order valence-electron chi connectivity index (χ4n) is 2.56. The van der Waals surface area contributed by atoms with Crippen LogP contribution in [0.15, 0.2) is 12.3 Å². The molecule has 0 radical (unpaired) electrons. The Morgan fingerprint density at radius 1 is 1.58 bits per heavy atom. The molecule has 0 aliphatic heterocycles. The topological polar surface area (TPSA) is 70.1 Å². The molecule has 0 spiro atoms. The highest BCUT2D eigenvalue weighted by Gasteiger charge is 2.19. The molecule has 1 aromatic rings. The number of hydrogen-bond donors (Lipinski definition) is 1. The van der Waals surface area contributed by atoms with Gasteiger partial charge in [0.2, 0.25) is 0 Å². The second kappa shape index (κ2) is 6.82. The van der Waals surface area contributed by atoms with Crippen molar-refractivity contribution < 1.29 is 9.53 Å². The van der Waals surface area contributed by atoms with Crippen LogP contribution in [0, 0.1) is 0 Å². The minimum absolute atomic E-state index is 0.0359. The lowest BCUT2D eigenvalue weighted by Crippen LogP contribution is -2.33. The molecule has 1 atom stereocenters. The number of ketones is 1. The number of aromatic nitrogens is 2. The molecule has 1 aliphatic carbocycles. The Bertz CT molecular complexity index is 411. The van der Waals surface area contributed by atoms with Crippen LogP contribution in [0.4, 0.5) is 0 Å². The van der Waals surface area contributed by atoms with Gasteiger partial charge in [0.15, 0.2) is 5.78 Å². The number of ether oxygens (including phenoxy) is 1. The third-order valence-corrected chi connectivity index (χ3v) is 3.76. The highest BCUT2D eigenvalue weighted by atomic mass is 16.5. The number of carbonyl (C=O) groups excluding carboxylic acids is 1. The Hall–Kier alpha value is -1.20. The number of hydrogen-bond acceptors (Lipinski definition) is 4. The van der Waals surface area contributed by atoms with Gasteiger partial charge in [0.25, 0.3) is 0 Å². The summed E-state index contributed by atoms with van der Waals surface area (Å²) in [6.45, 7) is 0.517. The third kappa shape index (κ3) is 3.88. The molecule has 2 rings (SSSR count). The molecule has 1 aromatic heterocycles. The van der Waals surface area contributed by atoms with E-state index in [0.717, 1.165) is 5.69 Å². The van der Waals surface area contributed by atoms with Gasteiger partial charge in [-0.3, -0.25) is 9.48 Å². The average Bonchev–Trinajstić information content (AvgIpc) is 3.05. The summed E-state index contributed by atoms with van der Waals surface area (Å²) in [4.78, 5) is 11.9. The van der Waals surface area contributed by atoms with E-state index in [0.29, 0.717) is 25.5 Å². The third-order valence-electron chi connectivity index (χ3n) is 3.76. The molecule has 19 heavy (non-hydrogen) atoms.